The van der Waals surface area contributed by atoms with Crippen molar-refractivity contribution >= 4 is 0 Å². The summed E-state index contributed by atoms with van der Waals surface area (Å²) in [4.78, 5) is 0. The predicted molar refractivity (Wildman–Crippen MR) is 64.3 cm³/mol. The van der Waals surface area contributed by atoms with Gasteiger partial charge in [0.2, 0.25) is 0 Å². The molecule has 0 spiro atoms. The van der Waals surface area contributed by atoms with E-state index in [1.54, 1.807) is 0 Å². The van der Waals surface area contributed by atoms with Crippen LogP contribution >= 0.6 is 0 Å². The molecule has 0 aromatic rings. The normalized spacial score (nSPS) is 17.4. The Bertz CT molecular complexity index is 153. The maximum absolute atomic E-state index is 5.82. The van der Waals surface area contributed by atoms with Gasteiger partial charge >= 0.3 is 0 Å². The molecule has 0 saturated heterocycles. The van der Waals surface area contributed by atoms with Crippen LogP contribution < -0.4 is 5.32 Å². The molecule has 0 aliphatic heterocycles. The van der Waals surface area contributed by atoms with Gasteiger partial charge < -0.3 is 14.8 Å². The van der Waals surface area contributed by atoms with E-state index in [0.717, 1.165) is 26.1 Å². The molecule has 0 aliphatic rings. The summed E-state index contributed by atoms with van der Waals surface area (Å²) in [6, 6.07) is 0.258. The summed E-state index contributed by atoms with van der Waals surface area (Å²) in [5.41, 5.74) is -0.128. The number of hydrogen-bond acceptors (Lipinski definition) is 3. The summed E-state index contributed by atoms with van der Waals surface area (Å²) in [5.74, 6) is 0. The van der Waals surface area contributed by atoms with Crippen molar-refractivity contribution in [1.82, 2.24) is 5.32 Å². The lowest BCUT2D eigenvalue weighted by atomic mass is 9.93. The van der Waals surface area contributed by atoms with Crippen LogP contribution in [-0.2, 0) is 9.47 Å². The van der Waals surface area contributed by atoms with E-state index in [1.165, 1.54) is 0 Å². The summed E-state index contributed by atoms with van der Waals surface area (Å²) in [7, 11) is 1.97. The van der Waals surface area contributed by atoms with Crippen molar-refractivity contribution in [2.45, 2.75) is 52.2 Å². The second-order valence-electron chi connectivity index (χ2n) is 4.02. The maximum atomic E-state index is 5.82. The molecule has 0 bridgehead atoms. The summed E-state index contributed by atoms with van der Waals surface area (Å²) >= 11 is 0. The fraction of sp³-hybridized carbons (Fsp3) is 1.00. The zero-order valence-corrected chi connectivity index (χ0v) is 10.9. The van der Waals surface area contributed by atoms with E-state index in [1.807, 2.05) is 14.0 Å². The molecule has 2 atom stereocenters. The van der Waals surface area contributed by atoms with Gasteiger partial charge in [-0.1, -0.05) is 13.8 Å². The van der Waals surface area contributed by atoms with Gasteiger partial charge in [0, 0.05) is 13.2 Å². The minimum atomic E-state index is -0.128. The molecule has 0 aromatic carbocycles. The van der Waals surface area contributed by atoms with E-state index in [4.69, 9.17) is 9.47 Å². The van der Waals surface area contributed by atoms with Crippen LogP contribution in [0.5, 0.6) is 0 Å². The molecule has 0 heterocycles. The second-order valence-corrected chi connectivity index (χ2v) is 4.02. The monoisotopic (exact) mass is 217 g/mol. The average Bonchev–Trinajstić information content (AvgIpc) is 2.24. The smallest absolute Gasteiger partial charge is 0.0826 e. The van der Waals surface area contributed by atoms with Crippen LogP contribution in [0.4, 0.5) is 0 Å². The molecule has 0 radical (unpaired) electrons. The molecule has 0 aromatic heterocycles. The third-order valence-corrected chi connectivity index (χ3v) is 2.89. The molecule has 3 heteroatoms. The summed E-state index contributed by atoms with van der Waals surface area (Å²) < 4.78 is 11.4. The van der Waals surface area contributed by atoms with E-state index >= 15 is 0 Å². The fourth-order valence-electron chi connectivity index (χ4n) is 1.69. The first-order valence-electron chi connectivity index (χ1n) is 6.03. The zero-order chi connectivity index (χ0) is 11.7. The Kier molecular flexibility index (Phi) is 8.02. The topological polar surface area (TPSA) is 30.5 Å². The molecule has 1 N–H and O–H groups in total. The Morgan fingerprint density at radius 2 is 1.93 bits per heavy atom. The molecule has 0 amide bonds. The highest BCUT2D eigenvalue weighted by Crippen LogP contribution is 2.20. The zero-order valence-electron chi connectivity index (χ0n) is 10.9. The molecule has 2 unspecified atom stereocenters. The molecule has 0 fully saturated rings. The Hall–Kier alpha value is -0.120. The van der Waals surface area contributed by atoms with Crippen molar-refractivity contribution in [3.63, 3.8) is 0 Å². The van der Waals surface area contributed by atoms with Crippen LogP contribution in [0, 0.1) is 0 Å². The summed E-state index contributed by atoms with van der Waals surface area (Å²) in [5, 5.41) is 3.29. The Morgan fingerprint density at radius 1 is 1.27 bits per heavy atom. The van der Waals surface area contributed by atoms with Gasteiger partial charge in [0.05, 0.1) is 18.2 Å². The molecule has 3 nitrogen and oxygen atoms in total. The first-order chi connectivity index (χ1) is 7.14. The van der Waals surface area contributed by atoms with Gasteiger partial charge in [-0.25, -0.2) is 0 Å². The molecule has 92 valence electrons. The van der Waals surface area contributed by atoms with Gasteiger partial charge in [-0.2, -0.15) is 0 Å². The van der Waals surface area contributed by atoms with Crippen LogP contribution in [0.25, 0.3) is 0 Å². The Morgan fingerprint density at radius 3 is 2.33 bits per heavy atom. The number of likely N-dealkylation sites (N-methyl/N-ethyl adjacent to an activating group) is 1. The molecular formula is C12H27NO2. The lowest BCUT2D eigenvalue weighted by Gasteiger charge is -2.36. The van der Waals surface area contributed by atoms with E-state index in [-0.39, 0.29) is 11.6 Å². The highest BCUT2D eigenvalue weighted by molar-refractivity contribution is 4.87. The van der Waals surface area contributed by atoms with Crippen molar-refractivity contribution in [1.29, 1.82) is 0 Å². The van der Waals surface area contributed by atoms with Crippen LogP contribution in [0.3, 0.4) is 0 Å². The van der Waals surface area contributed by atoms with E-state index in [2.05, 4.69) is 26.1 Å². The van der Waals surface area contributed by atoms with E-state index in [9.17, 15) is 0 Å². The summed E-state index contributed by atoms with van der Waals surface area (Å²) in [6.45, 7) is 10.7. The van der Waals surface area contributed by atoms with Crippen molar-refractivity contribution in [3.8, 4) is 0 Å². The van der Waals surface area contributed by atoms with Gasteiger partial charge in [-0.15, -0.1) is 0 Å². The lowest BCUT2D eigenvalue weighted by molar-refractivity contribution is -0.0730. The van der Waals surface area contributed by atoms with Crippen LogP contribution in [0.2, 0.25) is 0 Å². The van der Waals surface area contributed by atoms with E-state index in [0.29, 0.717) is 6.61 Å². The van der Waals surface area contributed by atoms with Gasteiger partial charge in [-0.3, -0.25) is 0 Å². The first kappa shape index (κ1) is 14.9. The van der Waals surface area contributed by atoms with Crippen molar-refractivity contribution < 1.29 is 9.47 Å². The minimum Gasteiger partial charge on any atom is -0.380 e. The first-order valence-corrected chi connectivity index (χ1v) is 6.03. The number of hydrogen-bond donors (Lipinski definition) is 1. The highest BCUT2D eigenvalue weighted by Gasteiger charge is 2.32. The van der Waals surface area contributed by atoms with E-state index < -0.39 is 0 Å². The third kappa shape index (κ3) is 4.96. The fourth-order valence-corrected chi connectivity index (χ4v) is 1.69. The SMILES string of the molecule is CCCOCC(NC)C(C)(CC)OCC. The van der Waals surface area contributed by atoms with Crippen LogP contribution in [-0.4, -0.2) is 38.5 Å². The lowest BCUT2D eigenvalue weighted by Crippen LogP contribution is -2.51. The molecule has 0 saturated carbocycles. The minimum absolute atomic E-state index is 0.128. The predicted octanol–water partition coefficient (Wildman–Crippen LogP) is 2.21. The molecular weight excluding hydrogens is 190 g/mol. The van der Waals surface area contributed by atoms with Crippen molar-refractivity contribution in [3.05, 3.63) is 0 Å². The largest absolute Gasteiger partial charge is 0.380 e. The third-order valence-electron chi connectivity index (χ3n) is 2.89. The highest BCUT2D eigenvalue weighted by atomic mass is 16.5. The number of nitrogens with one attached hydrogen (secondary N) is 1. The Balaban J connectivity index is 4.19. The Labute approximate surface area is 94.5 Å². The van der Waals surface area contributed by atoms with Crippen molar-refractivity contribution in [2.75, 3.05) is 26.9 Å². The van der Waals surface area contributed by atoms with Gasteiger partial charge in [0.15, 0.2) is 0 Å². The standard InChI is InChI=1S/C12H27NO2/c1-6-9-14-10-11(13-5)12(4,7-2)15-8-3/h11,13H,6-10H2,1-5H3. The maximum Gasteiger partial charge on any atom is 0.0826 e. The van der Waals surface area contributed by atoms with Gasteiger partial charge in [-0.05, 0) is 33.7 Å². The number of rotatable bonds is 9. The van der Waals surface area contributed by atoms with Gasteiger partial charge in [0.1, 0.15) is 0 Å². The van der Waals surface area contributed by atoms with Gasteiger partial charge in [0.25, 0.3) is 0 Å². The quantitative estimate of drug-likeness (QED) is 0.601. The van der Waals surface area contributed by atoms with Crippen LogP contribution in [0.15, 0.2) is 0 Å². The average molecular weight is 217 g/mol. The second kappa shape index (κ2) is 8.08. The number of ether oxygens (including phenoxy) is 2. The molecule has 15 heavy (non-hydrogen) atoms. The van der Waals surface area contributed by atoms with Crippen molar-refractivity contribution in [2.24, 2.45) is 0 Å². The molecule has 0 aliphatic carbocycles. The summed E-state index contributed by atoms with van der Waals surface area (Å²) in [6.07, 6.45) is 2.05. The molecule has 0 rings (SSSR count). The van der Waals surface area contributed by atoms with Crippen LogP contribution in [0.1, 0.15) is 40.5 Å².